The number of carbonyl (C=O) groups is 1. The highest BCUT2D eigenvalue weighted by Crippen LogP contribution is 2.53. The lowest BCUT2D eigenvalue weighted by molar-refractivity contribution is -0.156. The number of alkyl halides is 2. The molecule has 0 N–H and O–H groups in total. The molecular formula is C8H12Cl2O2. The average Bonchev–Trinajstić information content (AvgIpc) is 2.35. The molecule has 1 rings (SSSR count). The summed E-state index contributed by atoms with van der Waals surface area (Å²) in [5, 5.41) is 0. The summed E-state index contributed by atoms with van der Waals surface area (Å²) >= 11 is 11.4. The van der Waals surface area contributed by atoms with Gasteiger partial charge in [-0.25, -0.2) is 0 Å². The molecule has 1 saturated carbocycles. The minimum atomic E-state index is -0.873. The molecule has 0 aromatic carbocycles. The number of ether oxygens (including phenoxy) is 1. The molecule has 2 nitrogen and oxygen atoms in total. The molecule has 4 heteroatoms. The summed E-state index contributed by atoms with van der Waals surface area (Å²) in [6, 6.07) is 0. The van der Waals surface area contributed by atoms with E-state index >= 15 is 0 Å². The van der Waals surface area contributed by atoms with Crippen LogP contribution in [0.15, 0.2) is 0 Å². The summed E-state index contributed by atoms with van der Waals surface area (Å²) in [6.45, 7) is 5.45. The molecule has 0 spiro atoms. The van der Waals surface area contributed by atoms with Crippen molar-refractivity contribution in [2.75, 3.05) is 0 Å². The van der Waals surface area contributed by atoms with Crippen LogP contribution >= 0.6 is 23.2 Å². The number of hydrogen-bond acceptors (Lipinski definition) is 2. The third kappa shape index (κ3) is 2.53. The Morgan fingerprint density at radius 2 is 1.92 bits per heavy atom. The van der Waals surface area contributed by atoms with Gasteiger partial charge in [-0.15, -0.1) is 23.2 Å². The minimum Gasteiger partial charge on any atom is -0.460 e. The van der Waals surface area contributed by atoms with Crippen LogP contribution in [0.25, 0.3) is 0 Å². The number of halogens is 2. The van der Waals surface area contributed by atoms with E-state index in [9.17, 15) is 4.79 Å². The molecule has 1 aliphatic rings. The molecule has 0 unspecified atom stereocenters. The number of esters is 1. The van der Waals surface area contributed by atoms with E-state index in [0.29, 0.717) is 6.42 Å². The Morgan fingerprint density at radius 1 is 1.50 bits per heavy atom. The Hall–Kier alpha value is 0.0500. The van der Waals surface area contributed by atoms with Crippen LogP contribution < -0.4 is 0 Å². The van der Waals surface area contributed by atoms with Crippen molar-refractivity contribution in [3.63, 3.8) is 0 Å². The van der Waals surface area contributed by atoms with E-state index in [1.54, 1.807) is 0 Å². The van der Waals surface area contributed by atoms with E-state index in [4.69, 9.17) is 27.9 Å². The maximum atomic E-state index is 11.2. The van der Waals surface area contributed by atoms with E-state index in [0.717, 1.165) is 0 Å². The predicted octanol–water partition coefficient (Wildman–Crippen LogP) is 2.52. The number of rotatable bonds is 1. The molecule has 0 aromatic rings. The van der Waals surface area contributed by atoms with E-state index < -0.39 is 9.93 Å². The molecule has 70 valence electrons. The van der Waals surface area contributed by atoms with Gasteiger partial charge in [0.1, 0.15) is 9.93 Å². The first-order valence-electron chi connectivity index (χ1n) is 3.83. The zero-order valence-corrected chi connectivity index (χ0v) is 8.87. The van der Waals surface area contributed by atoms with E-state index in [2.05, 4.69) is 0 Å². The van der Waals surface area contributed by atoms with Crippen LogP contribution in [0.1, 0.15) is 27.2 Å². The normalized spacial score (nSPS) is 26.6. The second-order valence-electron chi connectivity index (χ2n) is 4.05. The molecular weight excluding hydrogens is 199 g/mol. The van der Waals surface area contributed by atoms with Crippen LogP contribution in [0.5, 0.6) is 0 Å². The Kier molecular flexibility index (Phi) is 2.34. The van der Waals surface area contributed by atoms with Crippen molar-refractivity contribution < 1.29 is 9.53 Å². The number of hydrogen-bond donors (Lipinski definition) is 0. The van der Waals surface area contributed by atoms with Crippen LogP contribution in [0, 0.1) is 5.92 Å². The van der Waals surface area contributed by atoms with Gasteiger partial charge in [0.2, 0.25) is 0 Å². The van der Waals surface area contributed by atoms with Gasteiger partial charge in [0, 0.05) is 0 Å². The second kappa shape index (κ2) is 2.78. The highest BCUT2D eigenvalue weighted by Gasteiger charge is 2.58. The van der Waals surface area contributed by atoms with Crippen molar-refractivity contribution >= 4 is 29.2 Å². The SMILES string of the molecule is CC(C)(C)OC(=O)[C@H]1CC1(Cl)Cl. The molecule has 1 fully saturated rings. The molecule has 0 bridgehead atoms. The Bertz CT molecular complexity index is 206. The van der Waals surface area contributed by atoms with Crippen LogP contribution in [0.2, 0.25) is 0 Å². The zero-order valence-electron chi connectivity index (χ0n) is 7.36. The van der Waals surface area contributed by atoms with Crippen LogP contribution in [-0.4, -0.2) is 15.9 Å². The van der Waals surface area contributed by atoms with Crippen molar-refractivity contribution in [3.05, 3.63) is 0 Å². The van der Waals surface area contributed by atoms with Crippen molar-refractivity contribution in [1.82, 2.24) is 0 Å². The van der Waals surface area contributed by atoms with Crippen LogP contribution in [0.4, 0.5) is 0 Å². The van der Waals surface area contributed by atoms with Gasteiger partial charge in [0.05, 0.1) is 5.92 Å². The lowest BCUT2D eigenvalue weighted by Gasteiger charge is -2.19. The highest BCUT2D eigenvalue weighted by molar-refractivity contribution is 6.52. The van der Waals surface area contributed by atoms with Gasteiger partial charge in [0.25, 0.3) is 0 Å². The first kappa shape index (κ1) is 10.1. The molecule has 0 saturated heterocycles. The van der Waals surface area contributed by atoms with Crippen molar-refractivity contribution in [2.45, 2.75) is 37.1 Å². The average molecular weight is 211 g/mol. The summed E-state index contributed by atoms with van der Waals surface area (Å²) in [7, 11) is 0. The summed E-state index contributed by atoms with van der Waals surface area (Å²) in [6.07, 6.45) is 0.505. The first-order chi connectivity index (χ1) is 5.22. The smallest absolute Gasteiger partial charge is 0.312 e. The van der Waals surface area contributed by atoms with E-state index in [1.165, 1.54) is 0 Å². The fourth-order valence-corrected chi connectivity index (χ4v) is 1.33. The monoisotopic (exact) mass is 210 g/mol. The fourth-order valence-electron chi connectivity index (χ4n) is 0.842. The van der Waals surface area contributed by atoms with Crippen molar-refractivity contribution in [1.29, 1.82) is 0 Å². The van der Waals surface area contributed by atoms with Crippen LogP contribution in [-0.2, 0) is 9.53 Å². The molecule has 1 aliphatic carbocycles. The topological polar surface area (TPSA) is 26.3 Å². The summed E-state index contributed by atoms with van der Waals surface area (Å²) < 4.78 is 4.22. The van der Waals surface area contributed by atoms with Gasteiger partial charge in [-0.05, 0) is 27.2 Å². The second-order valence-corrected chi connectivity index (χ2v) is 5.59. The van der Waals surface area contributed by atoms with Crippen LogP contribution in [0.3, 0.4) is 0 Å². The largest absolute Gasteiger partial charge is 0.460 e. The van der Waals surface area contributed by atoms with Gasteiger partial charge in [0.15, 0.2) is 0 Å². The number of carbonyl (C=O) groups excluding carboxylic acids is 1. The van der Waals surface area contributed by atoms with Gasteiger partial charge in [-0.3, -0.25) is 4.79 Å². The zero-order chi connectivity index (χ0) is 9.57. The Labute approximate surface area is 82.2 Å². The quantitative estimate of drug-likeness (QED) is 0.492. The van der Waals surface area contributed by atoms with Crippen molar-refractivity contribution in [3.8, 4) is 0 Å². The van der Waals surface area contributed by atoms with Gasteiger partial charge < -0.3 is 4.74 Å². The van der Waals surface area contributed by atoms with Gasteiger partial charge in [-0.1, -0.05) is 0 Å². The third-order valence-electron chi connectivity index (χ3n) is 1.52. The lowest BCUT2D eigenvalue weighted by Crippen LogP contribution is -2.25. The van der Waals surface area contributed by atoms with Gasteiger partial charge >= 0.3 is 5.97 Å². The molecule has 1 atom stereocenters. The minimum absolute atomic E-state index is 0.299. The molecule has 0 radical (unpaired) electrons. The summed E-state index contributed by atoms with van der Waals surface area (Å²) in [5.74, 6) is -0.632. The van der Waals surface area contributed by atoms with E-state index in [-0.39, 0.29) is 11.9 Å². The summed E-state index contributed by atoms with van der Waals surface area (Å²) in [5.41, 5.74) is -0.455. The van der Waals surface area contributed by atoms with Crippen molar-refractivity contribution in [2.24, 2.45) is 5.92 Å². The third-order valence-corrected chi connectivity index (χ3v) is 2.35. The lowest BCUT2D eigenvalue weighted by atomic mass is 10.2. The molecule has 0 amide bonds. The Balaban J connectivity index is 2.42. The van der Waals surface area contributed by atoms with E-state index in [1.807, 2.05) is 20.8 Å². The fraction of sp³-hybridized carbons (Fsp3) is 0.875. The highest BCUT2D eigenvalue weighted by atomic mass is 35.5. The van der Waals surface area contributed by atoms with Gasteiger partial charge in [-0.2, -0.15) is 0 Å². The molecule has 0 aromatic heterocycles. The first-order valence-corrected chi connectivity index (χ1v) is 4.59. The standard InChI is InChI=1S/C8H12Cl2O2/c1-7(2,3)12-6(11)5-4-8(5,9)10/h5H,4H2,1-3H3/t5-/m1/s1. The maximum absolute atomic E-state index is 11.2. The summed E-state index contributed by atoms with van der Waals surface area (Å²) in [4.78, 5) is 11.2. The molecule has 12 heavy (non-hydrogen) atoms. The predicted molar refractivity (Wildman–Crippen MR) is 48.4 cm³/mol. The maximum Gasteiger partial charge on any atom is 0.312 e. The molecule has 0 aliphatic heterocycles. The Morgan fingerprint density at radius 3 is 2.17 bits per heavy atom. The molecule has 0 heterocycles.